The van der Waals surface area contributed by atoms with Gasteiger partial charge < -0.3 is 5.32 Å². The van der Waals surface area contributed by atoms with Crippen LogP contribution in [0.25, 0.3) is 0 Å². The molecule has 0 aromatic heterocycles. The standard InChI is InChI=1S/C14H27NS/c1-11(2)8-12-4-3-5-13(9-12)15-14-6-7-16-10-14/h11-15H,3-10H2,1-2H3. The van der Waals surface area contributed by atoms with Gasteiger partial charge >= 0.3 is 0 Å². The summed E-state index contributed by atoms with van der Waals surface area (Å²) in [6, 6.07) is 1.66. The van der Waals surface area contributed by atoms with Crippen molar-refractivity contribution in [2.45, 2.75) is 64.5 Å². The quantitative estimate of drug-likeness (QED) is 0.805. The van der Waals surface area contributed by atoms with Gasteiger partial charge in [-0.2, -0.15) is 11.8 Å². The molecule has 2 aliphatic rings. The highest BCUT2D eigenvalue weighted by Gasteiger charge is 2.25. The number of thioether (sulfide) groups is 1. The van der Waals surface area contributed by atoms with E-state index in [4.69, 9.17) is 0 Å². The third kappa shape index (κ3) is 3.96. The minimum absolute atomic E-state index is 0.827. The van der Waals surface area contributed by atoms with Crippen LogP contribution >= 0.6 is 11.8 Å². The van der Waals surface area contributed by atoms with Crippen LogP contribution in [0.15, 0.2) is 0 Å². The lowest BCUT2D eigenvalue weighted by Crippen LogP contribution is -2.41. The Morgan fingerprint density at radius 2 is 2.06 bits per heavy atom. The van der Waals surface area contributed by atoms with Crippen molar-refractivity contribution in [3.8, 4) is 0 Å². The molecular formula is C14H27NS. The summed E-state index contributed by atoms with van der Waals surface area (Å²) in [4.78, 5) is 0. The molecule has 0 radical (unpaired) electrons. The summed E-state index contributed by atoms with van der Waals surface area (Å²) in [5.74, 6) is 4.61. The molecule has 3 atom stereocenters. The molecule has 1 aliphatic heterocycles. The predicted molar refractivity (Wildman–Crippen MR) is 74.1 cm³/mol. The first kappa shape index (κ1) is 12.8. The van der Waals surface area contributed by atoms with Crippen LogP contribution in [0, 0.1) is 11.8 Å². The number of rotatable bonds is 4. The van der Waals surface area contributed by atoms with Gasteiger partial charge in [0, 0.05) is 17.8 Å². The molecule has 94 valence electrons. The third-order valence-electron chi connectivity index (χ3n) is 3.99. The predicted octanol–water partition coefficient (Wildman–Crippen LogP) is 3.69. The first-order valence-electron chi connectivity index (χ1n) is 7.08. The van der Waals surface area contributed by atoms with Crippen LogP contribution in [-0.2, 0) is 0 Å². The molecule has 1 nitrogen and oxygen atoms in total. The lowest BCUT2D eigenvalue weighted by atomic mass is 9.81. The first-order chi connectivity index (χ1) is 7.74. The summed E-state index contributed by atoms with van der Waals surface area (Å²) in [5.41, 5.74) is 0. The van der Waals surface area contributed by atoms with E-state index in [-0.39, 0.29) is 0 Å². The molecule has 2 rings (SSSR count). The molecule has 0 aromatic carbocycles. The van der Waals surface area contributed by atoms with Crippen LogP contribution < -0.4 is 5.32 Å². The minimum atomic E-state index is 0.827. The second-order valence-corrected chi connectivity index (χ2v) is 7.24. The fraction of sp³-hybridized carbons (Fsp3) is 1.00. The lowest BCUT2D eigenvalue weighted by Gasteiger charge is -2.32. The van der Waals surface area contributed by atoms with Gasteiger partial charge in [0.05, 0.1) is 0 Å². The van der Waals surface area contributed by atoms with Crippen molar-refractivity contribution in [2.75, 3.05) is 11.5 Å². The van der Waals surface area contributed by atoms with Gasteiger partial charge in [-0.15, -0.1) is 0 Å². The molecular weight excluding hydrogens is 214 g/mol. The maximum Gasteiger partial charge on any atom is 0.0168 e. The molecule has 1 N–H and O–H groups in total. The molecule has 2 heteroatoms. The fourth-order valence-electron chi connectivity index (χ4n) is 3.32. The Balaban J connectivity index is 1.72. The van der Waals surface area contributed by atoms with Gasteiger partial charge in [0.25, 0.3) is 0 Å². The summed E-state index contributed by atoms with van der Waals surface area (Å²) in [7, 11) is 0. The zero-order valence-electron chi connectivity index (χ0n) is 10.9. The molecule has 0 amide bonds. The monoisotopic (exact) mass is 241 g/mol. The molecule has 0 aromatic rings. The summed E-state index contributed by atoms with van der Waals surface area (Å²) < 4.78 is 0. The molecule has 16 heavy (non-hydrogen) atoms. The van der Waals surface area contributed by atoms with E-state index in [0.717, 1.165) is 23.9 Å². The zero-order valence-corrected chi connectivity index (χ0v) is 11.7. The van der Waals surface area contributed by atoms with E-state index >= 15 is 0 Å². The highest BCUT2D eigenvalue weighted by Crippen LogP contribution is 2.30. The smallest absolute Gasteiger partial charge is 0.0168 e. The van der Waals surface area contributed by atoms with Crippen molar-refractivity contribution in [3.63, 3.8) is 0 Å². The highest BCUT2D eigenvalue weighted by atomic mass is 32.2. The van der Waals surface area contributed by atoms with E-state index in [2.05, 4.69) is 30.9 Å². The fourth-order valence-corrected chi connectivity index (χ4v) is 4.49. The summed E-state index contributed by atoms with van der Waals surface area (Å²) in [6.45, 7) is 4.73. The van der Waals surface area contributed by atoms with Gasteiger partial charge in [-0.1, -0.05) is 26.7 Å². The molecule has 1 saturated carbocycles. The number of nitrogens with one attached hydrogen (secondary N) is 1. The van der Waals surface area contributed by atoms with Crippen LogP contribution in [0.4, 0.5) is 0 Å². The average Bonchev–Trinajstić information content (AvgIpc) is 2.70. The van der Waals surface area contributed by atoms with Crippen LogP contribution in [0.1, 0.15) is 52.4 Å². The number of hydrogen-bond donors (Lipinski definition) is 1. The van der Waals surface area contributed by atoms with Gasteiger partial charge in [0.2, 0.25) is 0 Å². The average molecular weight is 241 g/mol. The molecule has 3 unspecified atom stereocenters. The Kier molecular flexibility index (Phi) is 5.02. The van der Waals surface area contributed by atoms with Gasteiger partial charge in [-0.05, 0) is 43.3 Å². The Morgan fingerprint density at radius 1 is 1.19 bits per heavy atom. The molecule has 2 fully saturated rings. The summed E-state index contributed by atoms with van der Waals surface area (Å²) in [6.07, 6.45) is 8.65. The Labute approximate surface area is 105 Å². The summed E-state index contributed by atoms with van der Waals surface area (Å²) >= 11 is 2.12. The molecule has 1 aliphatic carbocycles. The summed E-state index contributed by atoms with van der Waals surface area (Å²) in [5, 5.41) is 3.90. The largest absolute Gasteiger partial charge is 0.310 e. The van der Waals surface area contributed by atoms with E-state index in [0.29, 0.717) is 0 Å². The van der Waals surface area contributed by atoms with Crippen LogP contribution in [0.5, 0.6) is 0 Å². The van der Waals surface area contributed by atoms with E-state index in [1.54, 1.807) is 0 Å². The van der Waals surface area contributed by atoms with Crippen LogP contribution in [0.3, 0.4) is 0 Å². The van der Waals surface area contributed by atoms with E-state index in [9.17, 15) is 0 Å². The van der Waals surface area contributed by atoms with Crippen molar-refractivity contribution < 1.29 is 0 Å². The van der Waals surface area contributed by atoms with Crippen molar-refractivity contribution in [1.29, 1.82) is 0 Å². The third-order valence-corrected chi connectivity index (χ3v) is 5.15. The van der Waals surface area contributed by atoms with E-state index in [1.165, 1.54) is 50.0 Å². The second-order valence-electron chi connectivity index (χ2n) is 6.09. The second kappa shape index (κ2) is 6.30. The zero-order chi connectivity index (χ0) is 11.4. The SMILES string of the molecule is CC(C)CC1CCCC(NC2CCSC2)C1. The Bertz CT molecular complexity index is 199. The van der Waals surface area contributed by atoms with Crippen molar-refractivity contribution in [3.05, 3.63) is 0 Å². The van der Waals surface area contributed by atoms with Gasteiger partial charge in [0.1, 0.15) is 0 Å². The molecule has 1 saturated heterocycles. The van der Waals surface area contributed by atoms with E-state index in [1.807, 2.05) is 0 Å². The topological polar surface area (TPSA) is 12.0 Å². The van der Waals surface area contributed by atoms with Crippen LogP contribution in [-0.4, -0.2) is 23.6 Å². The molecule has 0 spiro atoms. The Morgan fingerprint density at radius 3 is 2.75 bits per heavy atom. The minimum Gasteiger partial charge on any atom is -0.310 e. The van der Waals surface area contributed by atoms with Gasteiger partial charge in [-0.3, -0.25) is 0 Å². The normalized spacial score (nSPS) is 35.8. The lowest BCUT2D eigenvalue weighted by molar-refractivity contribution is 0.243. The van der Waals surface area contributed by atoms with Gasteiger partial charge in [0.15, 0.2) is 0 Å². The first-order valence-corrected chi connectivity index (χ1v) is 8.23. The number of hydrogen-bond acceptors (Lipinski definition) is 2. The Hall–Kier alpha value is 0.310. The highest BCUT2D eigenvalue weighted by molar-refractivity contribution is 7.99. The maximum absolute atomic E-state index is 3.90. The van der Waals surface area contributed by atoms with Gasteiger partial charge in [-0.25, -0.2) is 0 Å². The van der Waals surface area contributed by atoms with Crippen molar-refractivity contribution >= 4 is 11.8 Å². The van der Waals surface area contributed by atoms with Crippen LogP contribution in [0.2, 0.25) is 0 Å². The van der Waals surface area contributed by atoms with Crippen molar-refractivity contribution in [2.24, 2.45) is 11.8 Å². The van der Waals surface area contributed by atoms with E-state index < -0.39 is 0 Å². The maximum atomic E-state index is 3.90. The van der Waals surface area contributed by atoms with Crippen molar-refractivity contribution in [1.82, 2.24) is 5.32 Å². The molecule has 0 bridgehead atoms. The molecule has 1 heterocycles.